The van der Waals surface area contributed by atoms with E-state index in [1.54, 1.807) is 0 Å². The Bertz CT molecular complexity index is 3890. The first kappa shape index (κ1) is 34.7. The van der Waals surface area contributed by atoms with E-state index in [1.165, 1.54) is 92.4 Å². The van der Waals surface area contributed by atoms with Crippen LogP contribution in [0.5, 0.6) is 0 Å². The average Bonchev–Trinajstić information content (AvgIpc) is 3.97. The third-order valence-electron chi connectivity index (χ3n) is 13.5. The van der Waals surface area contributed by atoms with Gasteiger partial charge < -0.3 is 9.30 Å². The van der Waals surface area contributed by atoms with Gasteiger partial charge in [-0.05, 0) is 116 Å². The van der Waals surface area contributed by atoms with Crippen LogP contribution < -0.4 is 4.90 Å². The van der Waals surface area contributed by atoms with Crippen LogP contribution in [0.2, 0.25) is 0 Å². The molecule has 292 valence electrons. The van der Waals surface area contributed by atoms with Crippen LogP contribution in [-0.4, -0.2) is 13.8 Å². The maximum atomic E-state index is 5.88. The molecule has 13 aromatic rings. The van der Waals surface area contributed by atoms with E-state index in [0.29, 0.717) is 0 Å². The van der Waals surface area contributed by atoms with Crippen molar-refractivity contribution in [1.29, 1.82) is 0 Å². The zero-order valence-corrected chi connectivity index (χ0v) is 35.3. The van der Waals surface area contributed by atoms with Gasteiger partial charge in [0.15, 0.2) is 0 Å². The molecule has 13 rings (SSSR count). The Morgan fingerprint density at radius 1 is 0.410 bits per heavy atom. The highest BCUT2D eigenvalue weighted by Crippen LogP contribution is 2.50. The first-order valence-corrected chi connectivity index (χ1v) is 21.6. The third-order valence-corrected chi connectivity index (χ3v) is 13.5. The van der Waals surface area contributed by atoms with Crippen LogP contribution in [-0.2, 0) is 10.8 Å². The fraction of sp³-hybridized carbons (Fsp3) is 0.140. The van der Waals surface area contributed by atoms with Gasteiger partial charge in [0, 0.05) is 49.1 Å². The Kier molecular flexibility index (Phi) is 6.69. The highest BCUT2D eigenvalue weighted by molar-refractivity contribution is 6.33. The normalized spacial score (nSPS) is 13.1. The molecule has 0 radical (unpaired) electrons. The minimum atomic E-state index is -0.0890. The number of anilines is 3. The molecule has 0 atom stereocenters. The van der Waals surface area contributed by atoms with E-state index in [4.69, 9.17) is 4.98 Å². The van der Waals surface area contributed by atoms with Crippen molar-refractivity contribution < 1.29 is 0 Å². The molecule has 8 aromatic carbocycles. The zero-order valence-electron chi connectivity index (χ0n) is 35.3. The fourth-order valence-electron chi connectivity index (χ4n) is 10.5. The lowest BCUT2D eigenvalue weighted by Gasteiger charge is -2.29. The number of hydrogen-bond acceptors (Lipinski definition) is 2. The molecule has 0 aliphatic carbocycles. The molecule has 61 heavy (non-hydrogen) atoms. The van der Waals surface area contributed by atoms with Gasteiger partial charge in [0.1, 0.15) is 5.65 Å². The number of rotatable bonds is 3. The second kappa shape index (κ2) is 11.8. The lowest BCUT2D eigenvalue weighted by atomic mass is 9.84. The highest BCUT2D eigenvalue weighted by Gasteiger charge is 2.30. The number of para-hydroxylation sites is 2. The summed E-state index contributed by atoms with van der Waals surface area (Å²) < 4.78 is 5.03. The van der Waals surface area contributed by atoms with Crippen molar-refractivity contribution in [2.24, 2.45) is 0 Å². The molecular formula is C57H44N4. The van der Waals surface area contributed by atoms with Crippen molar-refractivity contribution in [3.8, 4) is 0 Å². The van der Waals surface area contributed by atoms with Gasteiger partial charge in [-0.2, -0.15) is 0 Å². The van der Waals surface area contributed by atoms with Crippen LogP contribution in [0.1, 0.15) is 52.7 Å². The monoisotopic (exact) mass is 784 g/mol. The average molecular weight is 785 g/mol. The van der Waals surface area contributed by atoms with E-state index in [0.717, 1.165) is 33.7 Å². The minimum absolute atomic E-state index is 0.0800. The van der Waals surface area contributed by atoms with Gasteiger partial charge in [0.2, 0.25) is 0 Å². The van der Waals surface area contributed by atoms with E-state index in [2.05, 4.69) is 213 Å². The van der Waals surface area contributed by atoms with Gasteiger partial charge in [0.25, 0.3) is 0 Å². The van der Waals surface area contributed by atoms with Crippen LogP contribution in [0.15, 0.2) is 158 Å². The molecule has 0 aliphatic heterocycles. The van der Waals surface area contributed by atoms with Crippen LogP contribution in [0.4, 0.5) is 17.1 Å². The van der Waals surface area contributed by atoms with E-state index in [-0.39, 0.29) is 10.8 Å². The van der Waals surface area contributed by atoms with Gasteiger partial charge in [-0.3, -0.25) is 4.40 Å². The summed E-state index contributed by atoms with van der Waals surface area (Å²) in [6.45, 7) is 14.0. The van der Waals surface area contributed by atoms with Crippen molar-refractivity contribution in [2.75, 3.05) is 4.90 Å². The Hall–Kier alpha value is -7.17. The molecule has 5 aromatic heterocycles. The molecular weight excluding hydrogens is 741 g/mol. The minimum Gasteiger partial charge on any atom is -0.308 e. The molecule has 0 saturated carbocycles. The Balaban J connectivity index is 1.27. The molecule has 4 nitrogen and oxygen atoms in total. The second-order valence-corrected chi connectivity index (χ2v) is 19.3. The van der Waals surface area contributed by atoms with Gasteiger partial charge >= 0.3 is 0 Å². The van der Waals surface area contributed by atoms with Gasteiger partial charge in [-0.15, -0.1) is 0 Å². The molecule has 0 spiro atoms. The van der Waals surface area contributed by atoms with E-state index < -0.39 is 0 Å². The molecule has 0 amide bonds. The van der Waals surface area contributed by atoms with Crippen LogP contribution >= 0.6 is 0 Å². The van der Waals surface area contributed by atoms with Crippen molar-refractivity contribution in [3.05, 3.63) is 169 Å². The largest absolute Gasteiger partial charge is 0.308 e. The van der Waals surface area contributed by atoms with E-state index in [9.17, 15) is 0 Å². The van der Waals surface area contributed by atoms with Crippen molar-refractivity contribution in [1.82, 2.24) is 13.8 Å². The predicted molar refractivity (Wildman–Crippen MR) is 261 cm³/mol. The van der Waals surface area contributed by atoms with Gasteiger partial charge in [-0.25, -0.2) is 4.98 Å². The molecule has 4 heteroatoms. The molecule has 0 aliphatic rings. The topological polar surface area (TPSA) is 25.0 Å². The number of nitrogens with zero attached hydrogens (tertiary/aromatic N) is 4. The Morgan fingerprint density at radius 2 is 0.951 bits per heavy atom. The van der Waals surface area contributed by atoms with E-state index in [1.807, 2.05) is 0 Å². The van der Waals surface area contributed by atoms with Gasteiger partial charge in [0.05, 0.1) is 38.8 Å². The summed E-state index contributed by atoms with van der Waals surface area (Å²) >= 11 is 0. The summed E-state index contributed by atoms with van der Waals surface area (Å²) in [7, 11) is 0. The summed E-state index contributed by atoms with van der Waals surface area (Å²) in [5, 5.41) is 13.7. The second-order valence-electron chi connectivity index (χ2n) is 19.3. The standard InChI is InChI=1S/C57H44N4/c1-56(2,3)36-28-42-43-29-37(57(4,5)6)31-49(59(38-20-9-7-10-21-38)39-22-11-8-12-23-39)53(43)60-48-32-44-41-26-35-19-15-16-24-40(35)50-45-25-33-17-13-14-18-34(33)27-47(45)61(54(41)50)55(44)58-51(48)46(30-36)52(42)60/h7-32H,1-6H3. The summed E-state index contributed by atoms with van der Waals surface area (Å²) in [4.78, 5) is 8.34. The summed E-state index contributed by atoms with van der Waals surface area (Å²) in [6.07, 6.45) is 0. The number of benzene rings is 8. The van der Waals surface area contributed by atoms with Crippen molar-refractivity contribution in [3.63, 3.8) is 0 Å². The van der Waals surface area contributed by atoms with Crippen LogP contribution in [0.3, 0.4) is 0 Å². The molecule has 0 N–H and O–H groups in total. The smallest absolute Gasteiger partial charge is 0.146 e. The van der Waals surface area contributed by atoms with Gasteiger partial charge in [-0.1, -0.05) is 126 Å². The number of aromatic nitrogens is 3. The number of hydrogen-bond donors (Lipinski definition) is 0. The maximum absolute atomic E-state index is 5.88. The lowest BCUT2D eigenvalue weighted by molar-refractivity contribution is 0.591. The number of fused-ring (bicyclic) bond motifs is 15. The summed E-state index contributed by atoms with van der Waals surface area (Å²) in [5.74, 6) is 0. The van der Waals surface area contributed by atoms with Crippen molar-refractivity contribution in [2.45, 2.75) is 52.4 Å². The molecule has 5 heterocycles. The fourth-order valence-corrected chi connectivity index (χ4v) is 10.5. The Morgan fingerprint density at radius 3 is 1.62 bits per heavy atom. The molecule has 0 saturated heterocycles. The van der Waals surface area contributed by atoms with Crippen LogP contribution in [0, 0.1) is 0 Å². The Labute approximate surface area is 353 Å². The van der Waals surface area contributed by atoms with E-state index >= 15 is 0 Å². The molecule has 0 bridgehead atoms. The summed E-state index contributed by atoms with van der Waals surface area (Å²) in [6, 6.07) is 58.8. The SMILES string of the molecule is CC(C)(C)c1cc(N(c2ccccc2)c2ccccc2)c2c(c1)c1cc(C(C)(C)C)cc3c4nc5c(cc4n2c13)c1cc2ccccc2c2c3cc4ccccc4cc3n5c12. The maximum Gasteiger partial charge on any atom is 0.146 e. The lowest BCUT2D eigenvalue weighted by Crippen LogP contribution is -2.15. The van der Waals surface area contributed by atoms with Crippen molar-refractivity contribution >= 4 is 115 Å². The predicted octanol–water partition coefficient (Wildman–Crippen LogP) is 15.8. The highest BCUT2D eigenvalue weighted by atomic mass is 15.2. The molecule has 0 fully saturated rings. The first-order valence-electron chi connectivity index (χ1n) is 21.6. The molecule has 0 unspecified atom stereocenters. The zero-order chi connectivity index (χ0) is 41.1. The first-order chi connectivity index (χ1) is 29.5. The van der Waals surface area contributed by atoms with Crippen LogP contribution in [0.25, 0.3) is 98.0 Å². The quantitative estimate of drug-likeness (QED) is 0.178. The third kappa shape index (κ3) is 4.68. The summed E-state index contributed by atoms with van der Waals surface area (Å²) in [5.41, 5.74) is 13.9. The number of pyridine rings is 1.